The number of pyridine rings is 1. The average Bonchev–Trinajstić information content (AvgIpc) is 3.40. The van der Waals surface area contributed by atoms with E-state index in [1.54, 1.807) is 0 Å². The molecule has 0 fully saturated rings. The van der Waals surface area contributed by atoms with E-state index in [9.17, 15) is 0 Å². The first-order chi connectivity index (χ1) is 21.2. The molecule has 6 aromatic rings. The van der Waals surface area contributed by atoms with Crippen LogP contribution in [0.2, 0.25) is 0 Å². The number of para-hydroxylation sites is 2. The van der Waals surface area contributed by atoms with Gasteiger partial charge in [0.1, 0.15) is 23.2 Å². The summed E-state index contributed by atoms with van der Waals surface area (Å²) in [5.41, 5.74) is 3.81. The lowest BCUT2D eigenvalue weighted by atomic mass is 10.1. The maximum atomic E-state index is 2.45. The van der Waals surface area contributed by atoms with E-state index in [1.807, 2.05) is 11.8 Å². The Hall–Kier alpha value is -4.17. The van der Waals surface area contributed by atoms with Crippen molar-refractivity contribution in [1.29, 1.82) is 0 Å². The molecular weight excluding hydrogens is 559 g/mol. The largest absolute Gasteiger partial charge is 0.338 e. The van der Waals surface area contributed by atoms with Gasteiger partial charge in [0.2, 0.25) is 5.52 Å². The van der Waals surface area contributed by atoms with Gasteiger partial charge in [0.15, 0.2) is 12.7 Å². The SMILES string of the molecule is CN1/C(=C/c2cc[n+](CCC[P+](c3ccccc3)(c3ccccc3)c3ccccc3)c3ccccc23)Sc2ccccc21. The molecule has 2 heterocycles. The zero-order valence-electron chi connectivity index (χ0n) is 24.4. The molecule has 0 spiro atoms. The van der Waals surface area contributed by atoms with Crippen LogP contribution in [0.1, 0.15) is 12.0 Å². The Morgan fingerprint density at radius 1 is 0.651 bits per heavy atom. The highest BCUT2D eigenvalue weighted by Gasteiger charge is 2.44. The predicted octanol–water partition coefficient (Wildman–Crippen LogP) is 8.05. The van der Waals surface area contributed by atoms with E-state index < -0.39 is 7.26 Å². The number of benzene rings is 5. The fourth-order valence-corrected chi connectivity index (χ4v) is 11.8. The normalized spacial score (nSPS) is 13.9. The van der Waals surface area contributed by atoms with Gasteiger partial charge in [-0.1, -0.05) is 90.6 Å². The van der Waals surface area contributed by atoms with Crippen molar-refractivity contribution in [3.05, 3.63) is 162 Å². The molecule has 43 heavy (non-hydrogen) atoms. The molecule has 1 aliphatic heterocycles. The lowest BCUT2D eigenvalue weighted by Gasteiger charge is -2.27. The third kappa shape index (κ3) is 5.29. The van der Waals surface area contributed by atoms with Gasteiger partial charge in [-0.15, -0.1) is 0 Å². The van der Waals surface area contributed by atoms with Gasteiger partial charge in [-0.3, -0.25) is 0 Å². The van der Waals surface area contributed by atoms with E-state index in [4.69, 9.17) is 0 Å². The fourth-order valence-electron chi connectivity index (χ4n) is 6.37. The summed E-state index contributed by atoms with van der Waals surface area (Å²) >= 11 is 1.85. The van der Waals surface area contributed by atoms with Crippen LogP contribution in [-0.4, -0.2) is 13.2 Å². The van der Waals surface area contributed by atoms with Gasteiger partial charge in [0, 0.05) is 30.5 Å². The Bertz CT molecular complexity index is 1790. The lowest BCUT2D eigenvalue weighted by molar-refractivity contribution is -0.671. The van der Waals surface area contributed by atoms with Gasteiger partial charge in [-0.2, -0.15) is 4.57 Å². The molecule has 0 radical (unpaired) electrons. The Kier molecular flexibility index (Phi) is 7.85. The molecule has 2 nitrogen and oxygen atoms in total. The zero-order valence-corrected chi connectivity index (χ0v) is 26.1. The van der Waals surface area contributed by atoms with Crippen LogP contribution < -0.4 is 25.4 Å². The second-order valence-electron chi connectivity index (χ2n) is 11.0. The molecule has 0 aliphatic carbocycles. The number of thioether (sulfide) groups is 1. The highest BCUT2D eigenvalue weighted by Crippen LogP contribution is 2.55. The van der Waals surface area contributed by atoms with Gasteiger partial charge in [0.05, 0.1) is 22.3 Å². The van der Waals surface area contributed by atoms with E-state index in [2.05, 4.69) is 174 Å². The van der Waals surface area contributed by atoms with Gasteiger partial charge < -0.3 is 4.90 Å². The average molecular weight is 595 g/mol. The number of fused-ring (bicyclic) bond motifs is 2. The van der Waals surface area contributed by atoms with Crippen LogP contribution in [0.15, 0.2) is 162 Å². The number of nitrogens with zero attached hydrogens (tertiary/aromatic N) is 2. The first-order valence-electron chi connectivity index (χ1n) is 14.9. The van der Waals surface area contributed by atoms with E-state index in [-0.39, 0.29) is 0 Å². The smallest absolute Gasteiger partial charge is 0.213 e. The summed E-state index contributed by atoms with van der Waals surface area (Å²) in [6, 6.07) is 53.4. The monoisotopic (exact) mass is 594 g/mol. The standard InChI is InChI=1S/C39H35N2PS/c1-40-37-24-13-14-25-38(37)43-39(40)30-31-26-28-41(36-23-12-11-22-35(31)36)27-15-29-42(32-16-5-2-6-17-32,33-18-7-3-8-19-33)34-20-9-4-10-21-34/h2-14,16-26,28,30H,15,27,29H2,1H3/q+2. The Morgan fingerprint density at radius 3 is 1.84 bits per heavy atom. The third-order valence-electron chi connectivity index (χ3n) is 8.49. The second kappa shape index (κ2) is 12.2. The number of anilines is 1. The topological polar surface area (TPSA) is 7.12 Å². The van der Waals surface area contributed by atoms with Crippen LogP contribution in [0.4, 0.5) is 5.69 Å². The molecule has 0 atom stereocenters. The van der Waals surface area contributed by atoms with Crippen molar-refractivity contribution in [2.45, 2.75) is 17.9 Å². The second-order valence-corrected chi connectivity index (χ2v) is 15.7. The van der Waals surface area contributed by atoms with Gasteiger partial charge in [-0.25, -0.2) is 0 Å². The van der Waals surface area contributed by atoms with Crippen LogP contribution in [0.5, 0.6) is 0 Å². The van der Waals surface area contributed by atoms with Gasteiger partial charge >= 0.3 is 0 Å². The molecule has 0 amide bonds. The number of rotatable bonds is 8. The maximum Gasteiger partial charge on any atom is 0.213 e. The van der Waals surface area contributed by atoms with E-state index >= 15 is 0 Å². The maximum absolute atomic E-state index is 2.45. The molecule has 0 N–H and O–H groups in total. The highest BCUT2D eigenvalue weighted by molar-refractivity contribution is 8.03. The summed E-state index contributed by atoms with van der Waals surface area (Å²) in [6.45, 7) is 0.964. The zero-order chi connectivity index (χ0) is 29.1. The van der Waals surface area contributed by atoms with E-state index in [0.717, 1.165) is 19.1 Å². The molecule has 5 aromatic carbocycles. The molecule has 4 heteroatoms. The molecule has 1 aromatic heterocycles. The summed E-state index contributed by atoms with van der Waals surface area (Å²) in [5.74, 6) is 0. The minimum Gasteiger partial charge on any atom is -0.338 e. The van der Waals surface area contributed by atoms with Crippen molar-refractivity contribution in [1.82, 2.24) is 0 Å². The first-order valence-corrected chi connectivity index (χ1v) is 17.7. The summed E-state index contributed by atoms with van der Waals surface area (Å²) < 4.78 is 2.45. The van der Waals surface area contributed by atoms with Crippen LogP contribution in [0.25, 0.3) is 17.0 Å². The van der Waals surface area contributed by atoms with Crippen molar-refractivity contribution in [3.8, 4) is 0 Å². The van der Waals surface area contributed by atoms with E-state index in [0.29, 0.717) is 0 Å². The van der Waals surface area contributed by atoms with Crippen LogP contribution in [-0.2, 0) is 6.54 Å². The molecule has 0 saturated carbocycles. The summed E-state index contributed by atoms with van der Waals surface area (Å²) in [6.07, 6.45) is 6.82. The van der Waals surface area contributed by atoms with Crippen molar-refractivity contribution >= 4 is 57.6 Å². The quantitative estimate of drug-likeness (QED) is 0.130. The highest BCUT2D eigenvalue weighted by atomic mass is 32.2. The summed E-state index contributed by atoms with van der Waals surface area (Å²) in [5, 5.41) is 6.89. The summed E-state index contributed by atoms with van der Waals surface area (Å²) in [4.78, 5) is 3.61. The molecule has 210 valence electrons. The fraction of sp³-hybridized carbons (Fsp3) is 0.103. The van der Waals surface area contributed by atoms with Crippen molar-refractivity contribution < 1.29 is 4.57 Å². The minimum atomic E-state index is -1.85. The molecule has 0 saturated heterocycles. The molecule has 0 unspecified atom stereocenters. The molecule has 7 rings (SSSR count). The Morgan fingerprint density at radius 2 is 1.21 bits per heavy atom. The molecular formula is C39H35N2PS+2. The van der Waals surface area contributed by atoms with Gasteiger partial charge in [0.25, 0.3) is 0 Å². The number of hydrogen-bond acceptors (Lipinski definition) is 2. The minimum absolute atomic E-state index is 0.964. The number of hydrogen-bond donors (Lipinski definition) is 0. The van der Waals surface area contributed by atoms with Crippen LogP contribution in [0.3, 0.4) is 0 Å². The predicted molar refractivity (Wildman–Crippen MR) is 187 cm³/mol. The van der Waals surface area contributed by atoms with Crippen molar-refractivity contribution in [3.63, 3.8) is 0 Å². The van der Waals surface area contributed by atoms with Crippen LogP contribution >= 0.6 is 19.0 Å². The molecule has 1 aliphatic rings. The van der Waals surface area contributed by atoms with E-state index in [1.165, 1.54) is 48.0 Å². The number of aryl methyl sites for hydroxylation is 1. The summed E-state index contributed by atoms with van der Waals surface area (Å²) in [7, 11) is 0.317. The van der Waals surface area contributed by atoms with Crippen molar-refractivity contribution in [2.24, 2.45) is 0 Å². The lowest BCUT2D eigenvalue weighted by Crippen LogP contribution is -2.38. The Balaban J connectivity index is 1.23. The van der Waals surface area contributed by atoms with Gasteiger partial charge in [-0.05, 0) is 66.2 Å². The molecule has 0 bridgehead atoms. The Labute approximate surface area is 259 Å². The first kappa shape index (κ1) is 27.7. The van der Waals surface area contributed by atoms with Crippen molar-refractivity contribution in [2.75, 3.05) is 18.1 Å². The third-order valence-corrected chi connectivity index (χ3v) is 14.2. The number of aromatic nitrogens is 1. The van der Waals surface area contributed by atoms with Crippen LogP contribution in [0, 0.1) is 0 Å².